The first-order chi connectivity index (χ1) is 9.10. The number of rotatable bonds is 4. The van der Waals surface area contributed by atoms with Crippen LogP contribution in [0.25, 0.3) is 0 Å². The number of hydrogen-bond donors (Lipinski definition) is 3. The van der Waals surface area contributed by atoms with E-state index in [2.05, 4.69) is 21.1 Å². The van der Waals surface area contributed by atoms with Crippen LogP contribution in [-0.4, -0.2) is 11.1 Å². The number of nitrogen functional groups attached to an aromatic ring is 2. The van der Waals surface area contributed by atoms with Gasteiger partial charge in [0, 0.05) is 21.1 Å². The fourth-order valence-electron chi connectivity index (χ4n) is 1.36. The maximum absolute atomic E-state index is 11.2. The molecular formula is C11H11BrN4O2S. The molecule has 2 rings (SSSR count). The molecule has 5 N–H and O–H groups in total. The molecule has 1 heterocycles. The highest BCUT2D eigenvalue weighted by Crippen LogP contribution is 2.30. The lowest BCUT2D eigenvalue weighted by molar-refractivity contribution is 0.0944. The summed E-state index contributed by atoms with van der Waals surface area (Å²) in [6.45, 7) is 0. The zero-order valence-electron chi connectivity index (χ0n) is 9.72. The highest BCUT2D eigenvalue weighted by molar-refractivity contribution is 9.10. The van der Waals surface area contributed by atoms with Crippen LogP contribution in [0.15, 0.2) is 38.2 Å². The fraction of sp³-hybridized carbons (Fsp3) is 0.0909. The first-order valence-electron chi connectivity index (χ1n) is 5.24. The number of anilines is 1. The molecule has 2 aromatic rings. The Balaban J connectivity index is 2.02. The summed E-state index contributed by atoms with van der Waals surface area (Å²) >= 11 is 4.84. The Morgan fingerprint density at radius 2 is 2.26 bits per heavy atom. The number of nitrogens with two attached hydrogens (primary N) is 2. The molecule has 0 aliphatic heterocycles. The van der Waals surface area contributed by atoms with Crippen molar-refractivity contribution < 1.29 is 9.32 Å². The summed E-state index contributed by atoms with van der Waals surface area (Å²) in [6, 6.07) is 7.20. The number of hydrazine groups is 1. The lowest BCUT2D eigenvalue weighted by atomic mass is 10.3. The van der Waals surface area contributed by atoms with E-state index in [-0.39, 0.29) is 5.69 Å². The summed E-state index contributed by atoms with van der Waals surface area (Å²) in [7, 11) is 0. The summed E-state index contributed by atoms with van der Waals surface area (Å²) in [4.78, 5) is 12.1. The molecule has 1 amide bonds. The van der Waals surface area contributed by atoms with Crippen LogP contribution in [0.5, 0.6) is 0 Å². The third-order valence-corrected chi connectivity index (χ3v) is 3.87. The van der Waals surface area contributed by atoms with Crippen molar-refractivity contribution in [1.29, 1.82) is 0 Å². The van der Waals surface area contributed by atoms with Crippen LogP contribution in [-0.2, 0) is 5.75 Å². The summed E-state index contributed by atoms with van der Waals surface area (Å²) in [5, 5.41) is 3.62. The van der Waals surface area contributed by atoms with E-state index in [1.807, 2.05) is 23.6 Å². The van der Waals surface area contributed by atoms with E-state index in [9.17, 15) is 4.79 Å². The minimum Gasteiger partial charge on any atom is -0.398 e. The lowest BCUT2D eigenvalue weighted by Crippen LogP contribution is -2.30. The van der Waals surface area contributed by atoms with Crippen LogP contribution in [0.2, 0.25) is 0 Å². The van der Waals surface area contributed by atoms with Gasteiger partial charge in [-0.3, -0.25) is 10.2 Å². The molecule has 100 valence electrons. The number of thioether (sulfide) groups is 1. The average molecular weight is 343 g/mol. The standard InChI is InChI=1S/C11H11BrN4O2S/c12-6-1-2-10(8(13)3-6)19-5-7-4-9(16-18-7)11(17)15-14/h1-4H,5,13-14H2,(H,15,17). The molecule has 8 heteroatoms. The van der Waals surface area contributed by atoms with Gasteiger partial charge in [0.15, 0.2) is 5.69 Å². The summed E-state index contributed by atoms with van der Waals surface area (Å²) in [6.07, 6.45) is 0. The highest BCUT2D eigenvalue weighted by atomic mass is 79.9. The summed E-state index contributed by atoms with van der Waals surface area (Å²) in [5.41, 5.74) is 8.71. The zero-order chi connectivity index (χ0) is 13.8. The quantitative estimate of drug-likeness (QED) is 0.257. The molecule has 0 fully saturated rings. The van der Waals surface area contributed by atoms with Gasteiger partial charge in [-0.1, -0.05) is 21.1 Å². The van der Waals surface area contributed by atoms with E-state index < -0.39 is 5.91 Å². The van der Waals surface area contributed by atoms with Gasteiger partial charge in [0.05, 0.1) is 5.75 Å². The molecule has 0 unspecified atom stereocenters. The number of benzene rings is 1. The van der Waals surface area contributed by atoms with Crippen LogP contribution in [0, 0.1) is 0 Å². The smallest absolute Gasteiger partial charge is 0.287 e. The van der Waals surface area contributed by atoms with Crippen molar-refractivity contribution in [2.75, 3.05) is 5.73 Å². The van der Waals surface area contributed by atoms with Crippen molar-refractivity contribution in [3.05, 3.63) is 40.2 Å². The van der Waals surface area contributed by atoms with E-state index in [4.69, 9.17) is 16.1 Å². The second-order valence-electron chi connectivity index (χ2n) is 3.62. The maximum atomic E-state index is 11.2. The van der Waals surface area contributed by atoms with Crippen molar-refractivity contribution in [2.45, 2.75) is 10.6 Å². The van der Waals surface area contributed by atoms with E-state index in [0.717, 1.165) is 9.37 Å². The van der Waals surface area contributed by atoms with Crippen LogP contribution < -0.4 is 17.0 Å². The molecule has 0 saturated carbocycles. The second-order valence-corrected chi connectivity index (χ2v) is 5.56. The minimum atomic E-state index is -0.483. The zero-order valence-corrected chi connectivity index (χ0v) is 12.1. The predicted octanol–water partition coefficient (Wildman–Crippen LogP) is 1.92. The Hall–Kier alpha value is -1.51. The SMILES string of the molecule is NNC(=O)c1cc(CSc2ccc(Br)cc2N)on1. The number of halogens is 1. The van der Waals surface area contributed by atoms with E-state index >= 15 is 0 Å². The number of hydrogen-bond acceptors (Lipinski definition) is 6. The van der Waals surface area contributed by atoms with Gasteiger partial charge in [0.25, 0.3) is 5.91 Å². The first kappa shape index (κ1) is 13.9. The monoisotopic (exact) mass is 342 g/mol. The van der Waals surface area contributed by atoms with Gasteiger partial charge in [-0.2, -0.15) is 0 Å². The van der Waals surface area contributed by atoms with Gasteiger partial charge in [-0.05, 0) is 18.2 Å². The molecule has 6 nitrogen and oxygen atoms in total. The van der Waals surface area contributed by atoms with Gasteiger partial charge in [-0.15, -0.1) is 11.8 Å². The number of carbonyl (C=O) groups excluding carboxylic acids is 1. The molecule has 19 heavy (non-hydrogen) atoms. The molecular weight excluding hydrogens is 332 g/mol. The summed E-state index contributed by atoms with van der Waals surface area (Å²) < 4.78 is 5.96. The van der Waals surface area contributed by atoms with Crippen molar-refractivity contribution in [3.8, 4) is 0 Å². The number of nitrogens with one attached hydrogen (secondary N) is 1. The van der Waals surface area contributed by atoms with Gasteiger partial charge < -0.3 is 10.3 Å². The molecule has 0 atom stereocenters. The average Bonchev–Trinajstić information content (AvgIpc) is 2.85. The minimum absolute atomic E-state index is 0.155. The summed E-state index contributed by atoms with van der Waals surface area (Å²) in [5.74, 6) is 5.62. The topological polar surface area (TPSA) is 107 Å². The van der Waals surface area contributed by atoms with E-state index in [1.54, 1.807) is 6.07 Å². The molecule has 1 aromatic heterocycles. The number of carbonyl (C=O) groups is 1. The van der Waals surface area contributed by atoms with Crippen molar-refractivity contribution in [3.63, 3.8) is 0 Å². The Labute approximate surface area is 122 Å². The molecule has 0 saturated heterocycles. The Morgan fingerprint density at radius 3 is 2.95 bits per heavy atom. The van der Waals surface area contributed by atoms with Gasteiger partial charge in [0.1, 0.15) is 5.76 Å². The molecule has 0 bridgehead atoms. The van der Waals surface area contributed by atoms with Gasteiger partial charge >= 0.3 is 0 Å². The third-order valence-electron chi connectivity index (χ3n) is 2.26. The van der Waals surface area contributed by atoms with Crippen molar-refractivity contribution in [2.24, 2.45) is 5.84 Å². The second kappa shape index (κ2) is 6.09. The Bertz CT molecular complexity index is 602. The van der Waals surface area contributed by atoms with Crippen LogP contribution in [0.4, 0.5) is 5.69 Å². The molecule has 0 aliphatic carbocycles. The maximum Gasteiger partial charge on any atom is 0.287 e. The van der Waals surface area contributed by atoms with Crippen molar-refractivity contribution in [1.82, 2.24) is 10.6 Å². The number of nitrogens with zero attached hydrogens (tertiary/aromatic N) is 1. The van der Waals surface area contributed by atoms with E-state index in [1.165, 1.54) is 11.8 Å². The fourth-order valence-corrected chi connectivity index (χ4v) is 2.56. The van der Waals surface area contributed by atoms with Crippen LogP contribution in [0.1, 0.15) is 16.2 Å². The van der Waals surface area contributed by atoms with Crippen molar-refractivity contribution >= 4 is 39.3 Å². The number of aromatic nitrogens is 1. The van der Waals surface area contributed by atoms with Gasteiger partial charge in [-0.25, -0.2) is 5.84 Å². The molecule has 0 aliphatic rings. The number of amides is 1. The molecule has 0 spiro atoms. The van der Waals surface area contributed by atoms with Gasteiger partial charge in [0.2, 0.25) is 0 Å². The van der Waals surface area contributed by atoms with Crippen LogP contribution in [0.3, 0.4) is 0 Å². The Morgan fingerprint density at radius 1 is 1.47 bits per heavy atom. The normalized spacial score (nSPS) is 10.4. The highest BCUT2D eigenvalue weighted by Gasteiger charge is 2.11. The predicted molar refractivity (Wildman–Crippen MR) is 76.3 cm³/mol. The molecule has 1 aromatic carbocycles. The largest absolute Gasteiger partial charge is 0.398 e. The lowest BCUT2D eigenvalue weighted by Gasteiger charge is -2.03. The third kappa shape index (κ3) is 3.49. The molecule has 0 radical (unpaired) electrons. The first-order valence-corrected chi connectivity index (χ1v) is 7.02. The van der Waals surface area contributed by atoms with E-state index in [0.29, 0.717) is 17.2 Å². The Kier molecular flexibility index (Phi) is 4.46. The van der Waals surface area contributed by atoms with Crippen LogP contribution >= 0.6 is 27.7 Å².